The first-order valence-electron chi connectivity index (χ1n) is 3.96. The molecule has 0 unspecified atom stereocenters. The van der Waals surface area contributed by atoms with E-state index in [1.54, 1.807) is 11.3 Å². The van der Waals surface area contributed by atoms with E-state index in [0.717, 1.165) is 16.3 Å². The topological polar surface area (TPSA) is 51.8 Å². The van der Waals surface area contributed by atoms with Crippen molar-refractivity contribution in [2.45, 2.75) is 6.54 Å². The normalized spacial score (nSPS) is 10.2. The van der Waals surface area contributed by atoms with E-state index in [0.29, 0.717) is 6.54 Å². The van der Waals surface area contributed by atoms with Crippen LogP contribution in [-0.4, -0.2) is 10.2 Å². The molecule has 2 aromatic heterocycles. The third-order valence-electron chi connectivity index (χ3n) is 1.70. The molecular formula is C9H9N3S. The van der Waals surface area contributed by atoms with Crippen molar-refractivity contribution in [1.29, 1.82) is 0 Å². The molecule has 2 N–H and O–H groups in total. The molecule has 3 nitrogen and oxygen atoms in total. The average Bonchev–Trinajstić information content (AvgIpc) is 2.71. The third-order valence-corrected chi connectivity index (χ3v) is 2.59. The summed E-state index contributed by atoms with van der Waals surface area (Å²) in [6.07, 6.45) is 0. The lowest BCUT2D eigenvalue weighted by atomic mass is 10.3. The zero-order chi connectivity index (χ0) is 9.10. The Hall–Kier alpha value is -1.26. The van der Waals surface area contributed by atoms with E-state index in [4.69, 9.17) is 5.73 Å². The Morgan fingerprint density at radius 2 is 2.15 bits per heavy atom. The molecule has 0 aliphatic carbocycles. The van der Waals surface area contributed by atoms with Gasteiger partial charge in [-0.05, 0) is 23.6 Å². The largest absolute Gasteiger partial charge is 0.325 e. The van der Waals surface area contributed by atoms with Gasteiger partial charge in [0.2, 0.25) is 0 Å². The first-order chi connectivity index (χ1) is 6.40. The van der Waals surface area contributed by atoms with Gasteiger partial charge in [0.25, 0.3) is 0 Å². The lowest BCUT2D eigenvalue weighted by Gasteiger charge is -1.96. The van der Waals surface area contributed by atoms with Crippen molar-refractivity contribution in [2.75, 3.05) is 0 Å². The summed E-state index contributed by atoms with van der Waals surface area (Å²) in [5.74, 6) is 0. The molecule has 0 aliphatic heterocycles. The van der Waals surface area contributed by atoms with E-state index in [-0.39, 0.29) is 0 Å². The number of hydrogen-bond acceptors (Lipinski definition) is 4. The molecule has 66 valence electrons. The van der Waals surface area contributed by atoms with Gasteiger partial charge in [0, 0.05) is 6.54 Å². The van der Waals surface area contributed by atoms with Gasteiger partial charge in [-0.2, -0.15) is 5.10 Å². The number of hydrogen-bond donors (Lipinski definition) is 1. The van der Waals surface area contributed by atoms with Gasteiger partial charge in [0.1, 0.15) is 5.69 Å². The minimum atomic E-state index is 0.442. The van der Waals surface area contributed by atoms with E-state index in [9.17, 15) is 0 Å². The van der Waals surface area contributed by atoms with Crippen molar-refractivity contribution < 1.29 is 0 Å². The lowest BCUT2D eigenvalue weighted by Crippen LogP contribution is -2.00. The monoisotopic (exact) mass is 191 g/mol. The number of nitrogens with zero attached hydrogens (tertiary/aromatic N) is 2. The minimum Gasteiger partial charge on any atom is -0.325 e. The number of nitrogens with two attached hydrogens (primary N) is 1. The quantitative estimate of drug-likeness (QED) is 0.785. The van der Waals surface area contributed by atoms with Gasteiger partial charge >= 0.3 is 0 Å². The Bertz CT molecular complexity index is 366. The fourth-order valence-electron chi connectivity index (χ4n) is 1.02. The van der Waals surface area contributed by atoms with Crippen LogP contribution in [0.25, 0.3) is 10.6 Å². The van der Waals surface area contributed by atoms with Crippen LogP contribution in [0.4, 0.5) is 0 Å². The van der Waals surface area contributed by atoms with Gasteiger partial charge < -0.3 is 5.73 Å². The second-order valence-corrected chi connectivity index (χ2v) is 3.54. The van der Waals surface area contributed by atoms with E-state index in [1.807, 2.05) is 29.6 Å². The van der Waals surface area contributed by atoms with Gasteiger partial charge in [-0.1, -0.05) is 6.07 Å². The molecule has 2 rings (SSSR count). The van der Waals surface area contributed by atoms with Crippen LogP contribution < -0.4 is 5.73 Å². The first-order valence-corrected chi connectivity index (χ1v) is 4.84. The van der Waals surface area contributed by atoms with Crippen molar-refractivity contribution in [1.82, 2.24) is 10.2 Å². The van der Waals surface area contributed by atoms with Gasteiger partial charge in [-0.3, -0.25) is 0 Å². The molecule has 0 atom stereocenters. The lowest BCUT2D eigenvalue weighted by molar-refractivity contribution is 0.903. The van der Waals surface area contributed by atoms with Gasteiger partial charge in [-0.25, -0.2) is 0 Å². The van der Waals surface area contributed by atoms with Crippen LogP contribution in [0.5, 0.6) is 0 Å². The highest BCUT2D eigenvalue weighted by Gasteiger charge is 2.00. The van der Waals surface area contributed by atoms with E-state index >= 15 is 0 Å². The zero-order valence-electron chi connectivity index (χ0n) is 6.97. The highest BCUT2D eigenvalue weighted by atomic mass is 32.1. The molecule has 2 heterocycles. The fourth-order valence-corrected chi connectivity index (χ4v) is 1.71. The SMILES string of the molecule is NCc1ccc(-c2cccs2)nn1. The van der Waals surface area contributed by atoms with Crippen molar-refractivity contribution in [2.24, 2.45) is 5.73 Å². The molecule has 0 amide bonds. The van der Waals surface area contributed by atoms with E-state index in [1.165, 1.54) is 0 Å². The molecule has 0 fully saturated rings. The van der Waals surface area contributed by atoms with Crippen LogP contribution >= 0.6 is 11.3 Å². The summed E-state index contributed by atoms with van der Waals surface area (Å²) in [6.45, 7) is 0.442. The summed E-state index contributed by atoms with van der Waals surface area (Å²) in [5.41, 5.74) is 7.15. The highest BCUT2D eigenvalue weighted by molar-refractivity contribution is 7.13. The smallest absolute Gasteiger partial charge is 0.103 e. The standard InChI is InChI=1S/C9H9N3S/c10-6-7-3-4-8(12-11-7)9-2-1-5-13-9/h1-5H,6,10H2. The van der Waals surface area contributed by atoms with Crippen molar-refractivity contribution in [3.63, 3.8) is 0 Å². The van der Waals surface area contributed by atoms with Gasteiger partial charge in [0.15, 0.2) is 0 Å². The van der Waals surface area contributed by atoms with Crippen LogP contribution in [-0.2, 0) is 6.54 Å². The summed E-state index contributed by atoms with van der Waals surface area (Å²) in [7, 11) is 0. The minimum absolute atomic E-state index is 0.442. The molecule has 0 spiro atoms. The molecule has 0 radical (unpaired) electrons. The average molecular weight is 191 g/mol. The molecule has 4 heteroatoms. The van der Waals surface area contributed by atoms with Crippen molar-refractivity contribution >= 4 is 11.3 Å². The summed E-state index contributed by atoms with van der Waals surface area (Å²) in [5, 5.41) is 10.1. The number of aromatic nitrogens is 2. The summed E-state index contributed by atoms with van der Waals surface area (Å²) in [6, 6.07) is 7.87. The Morgan fingerprint density at radius 3 is 2.69 bits per heavy atom. The van der Waals surface area contributed by atoms with Crippen molar-refractivity contribution in [3.8, 4) is 10.6 Å². The molecule has 0 aliphatic rings. The predicted octanol–water partition coefficient (Wildman–Crippen LogP) is 1.66. The maximum Gasteiger partial charge on any atom is 0.103 e. The molecule has 0 bridgehead atoms. The molecular weight excluding hydrogens is 182 g/mol. The second-order valence-electron chi connectivity index (χ2n) is 2.59. The fraction of sp³-hybridized carbons (Fsp3) is 0.111. The van der Waals surface area contributed by atoms with Crippen LogP contribution in [0.2, 0.25) is 0 Å². The van der Waals surface area contributed by atoms with Crippen LogP contribution in [0.15, 0.2) is 29.6 Å². The number of rotatable bonds is 2. The zero-order valence-corrected chi connectivity index (χ0v) is 7.79. The van der Waals surface area contributed by atoms with Crippen LogP contribution in [0.1, 0.15) is 5.69 Å². The predicted molar refractivity (Wildman–Crippen MR) is 53.2 cm³/mol. The first kappa shape index (κ1) is 8.34. The Balaban J connectivity index is 2.33. The molecule has 0 aromatic carbocycles. The molecule has 13 heavy (non-hydrogen) atoms. The molecule has 0 saturated heterocycles. The Kier molecular flexibility index (Phi) is 2.33. The van der Waals surface area contributed by atoms with Crippen molar-refractivity contribution in [3.05, 3.63) is 35.3 Å². The summed E-state index contributed by atoms with van der Waals surface area (Å²) >= 11 is 1.66. The second kappa shape index (κ2) is 3.64. The third kappa shape index (κ3) is 1.74. The Morgan fingerprint density at radius 1 is 1.23 bits per heavy atom. The molecule has 2 aromatic rings. The van der Waals surface area contributed by atoms with E-state index < -0.39 is 0 Å². The van der Waals surface area contributed by atoms with Crippen LogP contribution in [0.3, 0.4) is 0 Å². The van der Waals surface area contributed by atoms with E-state index in [2.05, 4.69) is 10.2 Å². The molecule has 0 saturated carbocycles. The summed E-state index contributed by atoms with van der Waals surface area (Å²) < 4.78 is 0. The van der Waals surface area contributed by atoms with Gasteiger partial charge in [-0.15, -0.1) is 16.4 Å². The highest BCUT2D eigenvalue weighted by Crippen LogP contribution is 2.21. The maximum absolute atomic E-state index is 5.42. The van der Waals surface area contributed by atoms with Gasteiger partial charge in [0.05, 0.1) is 10.6 Å². The summed E-state index contributed by atoms with van der Waals surface area (Å²) in [4.78, 5) is 1.14. The maximum atomic E-state index is 5.42. The van der Waals surface area contributed by atoms with Crippen LogP contribution in [0, 0.1) is 0 Å². The Labute approximate surface area is 80.2 Å². The number of thiophene rings is 1.